The zero-order valence-corrected chi connectivity index (χ0v) is 28.4. The quantitative estimate of drug-likeness (QED) is 0.170. The number of fused-ring (bicyclic) bond motifs is 1. The van der Waals surface area contributed by atoms with Crippen LogP contribution in [0, 0.1) is 0 Å². The van der Waals surface area contributed by atoms with Gasteiger partial charge in [-0.25, -0.2) is 9.97 Å². The Morgan fingerprint density at radius 1 is 0.269 bits per heavy atom. The van der Waals surface area contributed by atoms with Gasteiger partial charge in [-0.2, -0.15) is 0 Å². The summed E-state index contributed by atoms with van der Waals surface area (Å²) in [6.45, 7) is 0. The Kier molecular flexibility index (Phi) is 8.20. The van der Waals surface area contributed by atoms with Crippen molar-refractivity contribution in [3.05, 3.63) is 200 Å². The first-order chi connectivity index (χ1) is 25.7. The predicted molar refractivity (Wildman–Crippen MR) is 215 cm³/mol. The van der Waals surface area contributed by atoms with E-state index in [1.165, 1.54) is 0 Å². The smallest absolute Gasteiger partial charge is 0.160 e. The molecule has 0 N–H and O–H groups in total. The van der Waals surface area contributed by atoms with Gasteiger partial charge in [0, 0.05) is 33.8 Å². The Morgan fingerprint density at radius 2 is 0.769 bits per heavy atom. The summed E-state index contributed by atoms with van der Waals surface area (Å²) in [7, 11) is 0. The van der Waals surface area contributed by atoms with Gasteiger partial charge < -0.3 is 0 Å². The van der Waals surface area contributed by atoms with E-state index in [4.69, 9.17) is 15.0 Å². The standard InChI is InChI=1S/C49H33N3/c1-4-15-34(16-5-1)41-28-42(35-17-6-2-7-18-35)30-43(29-41)47-32-48(45-26-13-12-25-44(45)36-19-8-3-9-20-36)52-49(51-47)39-24-14-23-38(27-39)46-31-37-21-10-11-22-40(37)33-50-46/h1-33H. The second-order valence-electron chi connectivity index (χ2n) is 12.9. The van der Waals surface area contributed by atoms with Gasteiger partial charge in [0.2, 0.25) is 0 Å². The zero-order valence-electron chi connectivity index (χ0n) is 28.4. The van der Waals surface area contributed by atoms with Crippen molar-refractivity contribution in [2.75, 3.05) is 0 Å². The molecule has 0 unspecified atom stereocenters. The van der Waals surface area contributed by atoms with Crippen LogP contribution < -0.4 is 0 Å². The van der Waals surface area contributed by atoms with E-state index < -0.39 is 0 Å². The van der Waals surface area contributed by atoms with Crippen LogP contribution in [0.3, 0.4) is 0 Å². The molecule has 2 heterocycles. The zero-order chi connectivity index (χ0) is 34.7. The first-order valence-electron chi connectivity index (χ1n) is 17.5. The molecule has 0 bridgehead atoms. The minimum Gasteiger partial charge on any atom is -0.256 e. The fraction of sp³-hybridized carbons (Fsp3) is 0. The molecule has 0 saturated heterocycles. The molecule has 0 saturated carbocycles. The summed E-state index contributed by atoms with van der Waals surface area (Å²) in [6, 6.07) is 67.9. The van der Waals surface area contributed by atoms with Crippen molar-refractivity contribution in [3.63, 3.8) is 0 Å². The topological polar surface area (TPSA) is 38.7 Å². The number of aromatic nitrogens is 3. The van der Waals surface area contributed by atoms with Gasteiger partial charge in [-0.3, -0.25) is 4.98 Å². The van der Waals surface area contributed by atoms with Crippen LogP contribution >= 0.6 is 0 Å². The molecule has 52 heavy (non-hydrogen) atoms. The third-order valence-corrected chi connectivity index (χ3v) is 9.50. The lowest BCUT2D eigenvalue weighted by Crippen LogP contribution is -1.98. The van der Waals surface area contributed by atoms with Crippen LogP contribution in [0.1, 0.15) is 0 Å². The molecule has 0 atom stereocenters. The van der Waals surface area contributed by atoms with Gasteiger partial charge in [-0.1, -0.05) is 158 Å². The van der Waals surface area contributed by atoms with Gasteiger partial charge in [0.05, 0.1) is 17.1 Å². The van der Waals surface area contributed by atoms with Crippen LogP contribution in [0.15, 0.2) is 200 Å². The Balaban J connectivity index is 1.25. The molecule has 0 aliphatic carbocycles. The van der Waals surface area contributed by atoms with Crippen LogP contribution in [0.4, 0.5) is 0 Å². The van der Waals surface area contributed by atoms with Crippen LogP contribution in [-0.4, -0.2) is 15.0 Å². The van der Waals surface area contributed by atoms with E-state index in [1.807, 2.05) is 12.3 Å². The molecule has 7 aromatic carbocycles. The Labute approximate surface area is 303 Å². The molecular formula is C49H33N3. The molecule has 0 radical (unpaired) electrons. The summed E-state index contributed by atoms with van der Waals surface area (Å²) < 4.78 is 0. The van der Waals surface area contributed by atoms with Gasteiger partial charge in [-0.15, -0.1) is 0 Å². The average Bonchev–Trinajstić information content (AvgIpc) is 3.24. The summed E-state index contributed by atoms with van der Waals surface area (Å²) in [5, 5.41) is 2.27. The molecule has 3 heteroatoms. The van der Waals surface area contributed by atoms with E-state index in [1.54, 1.807) is 0 Å². The molecule has 2 aromatic heterocycles. The van der Waals surface area contributed by atoms with E-state index in [-0.39, 0.29) is 0 Å². The van der Waals surface area contributed by atoms with Gasteiger partial charge >= 0.3 is 0 Å². The van der Waals surface area contributed by atoms with Crippen molar-refractivity contribution in [1.29, 1.82) is 0 Å². The van der Waals surface area contributed by atoms with Crippen LogP contribution in [0.5, 0.6) is 0 Å². The molecule has 0 fully saturated rings. The van der Waals surface area contributed by atoms with Gasteiger partial charge in [0.15, 0.2) is 5.82 Å². The molecular weight excluding hydrogens is 631 g/mol. The highest BCUT2D eigenvalue weighted by Gasteiger charge is 2.16. The number of nitrogens with zero attached hydrogens (tertiary/aromatic N) is 3. The molecule has 9 aromatic rings. The summed E-state index contributed by atoms with van der Waals surface area (Å²) in [5.41, 5.74) is 13.5. The lowest BCUT2D eigenvalue weighted by molar-refractivity contribution is 1.18. The SMILES string of the molecule is c1ccc(-c2cc(-c3ccccc3)cc(-c3cc(-c4ccccc4-c4ccccc4)nc(-c4cccc(-c5cc6ccccc6cn5)c4)n3)c2)cc1. The molecule has 0 aliphatic rings. The minimum absolute atomic E-state index is 0.657. The predicted octanol–water partition coefficient (Wildman–Crippen LogP) is 12.7. The fourth-order valence-electron chi connectivity index (χ4n) is 6.87. The normalized spacial score (nSPS) is 11.1. The maximum atomic E-state index is 5.32. The lowest BCUT2D eigenvalue weighted by Gasteiger charge is -2.15. The minimum atomic E-state index is 0.657. The second-order valence-corrected chi connectivity index (χ2v) is 12.9. The largest absolute Gasteiger partial charge is 0.256 e. The van der Waals surface area contributed by atoms with Gasteiger partial charge in [0.25, 0.3) is 0 Å². The van der Waals surface area contributed by atoms with E-state index in [0.717, 1.165) is 83.5 Å². The number of rotatable bonds is 7. The van der Waals surface area contributed by atoms with Crippen LogP contribution in [0.2, 0.25) is 0 Å². The molecule has 3 nitrogen and oxygen atoms in total. The Morgan fingerprint density at radius 3 is 1.46 bits per heavy atom. The number of hydrogen-bond donors (Lipinski definition) is 0. The number of pyridine rings is 1. The van der Waals surface area contributed by atoms with E-state index in [9.17, 15) is 0 Å². The summed E-state index contributed by atoms with van der Waals surface area (Å²) in [6.07, 6.45) is 1.94. The van der Waals surface area contributed by atoms with Gasteiger partial charge in [0.1, 0.15) is 0 Å². The third-order valence-electron chi connectivity index (χ3n) is 9.50. The Hall–Kier alpha value is -6.97. The highest BCUT2D eigenvalue weighted by Crippen LogP contribution is 2.37. The van der Waals surface area contributed by atoms with Crippen molar-refractivity contribution >= 4 is 10.8 Å². The van der Waals surface area contributed by atoms with Crippen molar-refractivity contribution in [2.45, 2.75) is 0 Å². The summed E-state index contributed by atoms with van der Waals surface area (Å²) >= 11 is 0. The lowest BCUT2D eigenvalue weighted by atomic mass is 9.93. The summed E-state index contributed by atoms with van der Waals surface area (Å²) in [4.78, 5) is 15.4. The van der Waals surface area contributed by atoms with Crippen molar-refractivity contribution < 1.29 is 0 Å². The summed E-state index contributed by atoms with van der Waals surface area (Å²) in [5.74, 6) is 0.657. The first-order valence-corrected chi connectivity index (χ1v) is 17.5. The van der Waals surface area contributed by atoms with Crippen molar-refractivity contribution in [1.82, 2.24) is 15.0 Å². The maximum absolute atomic E-state index is 5.32. The third kappa shape index (κ3) is 6.28. The fourth-order valence-corrected chi connectivity index (χ4v) is 6.87. The molecule has 244 valence electrons. The molecule has 0 amide bonds. The highest BCUT2D eigenvalue weighted by atomic mass is 14.9. The van der Waals surface area contributed by atoms with Crippen molar-refractivity contribution in [2.24, 2.45) is 0 Å². The number of benzene rings is 7. The van der Waals surface area contributed by atoms with E-state index >= 15 is 0 Å². The van der Waals surface area contributed by atoms with Crippen LogP contribution in [0.25, 0.3) is 89.3 Å². The highest BCUT2D eigenvalue weighted by molar-refractivity contribution is 5.88. The van der Waals surface area contributed by atoms with E-state index in [2.05, 4.69) is 188 Å². The van der Waals surface area contributed by atoms with Crippen molar-refractivity contribution in [3.8, 4) is 78.5 Å². The Bertz CT molecular complexity index is 2610. The first kappa shape index (κ1) is 31.0. The molecule has 0 aliphatic heterocycles. The second kappa shape index (κ2) is 13.7. The molecule has 9 rings (SSSR count). The molecule has 0 spiro atoms. The monoisotopic (exact) mass is 663 g/mol. The average molecular weight is 664 g/mol. The maximum Gasteiger partial charge on any atom is 0.160 e. The van der Waals surface area contributed by atoms with Gasteiger partial charge in [-0.05, 0) is 75.2 Å². The van der Waals surface area contributed by atoms with E-state index in [0.29, 0.717) is 5.82 Å². The number of hydrogen-bond acceptors (Lipinski definition) is 3. The van der Waals surface area contributed by atoms with Crippen LogP contribution in [-0.2, 0) is 0 Å².